The minimum absolute atomic E-state index is 0.926. The molecule has 2 nitrogen and oxygen atoms in total. The summed E-state index contributed by atoms with van der Waals surface area (Å²) < 4.78 is 0. The third kappa shape index (κ3) is 10.7. The molecule has 0 unspecified atom stereocenters. The van der Waals surface area contributed by atoms with Crippen molar-refractivity contribution in [3.05, 3.63) is 300 Å². The third-order valence-corrected chi connectivity index (χ3v) is 15.7. The monoisotopic (exact) mass is 1030 g/mol. The van der Waals surface area contributed by atoms with E-state index in [1.165, 1.54) is 143 Å². The number of pyridine rings is 2. The molecule has 14 rings (SSSR count). The van der Waals surface area contributed by atoms with Gasteiger partial charge in [-0.25, -0.2) is 0 Å². The molecule has 0 spiro atoms. The van der Waals surface area contributed by atoms with Crippen LogP contribution in [0.15, 0.2) is 255 Å². The van der Waals surface area contributed by atoms with E-state index in [1.54, 1.807) is 0 Å². The lowest BCUT2D eigenvalue weighted by molar-refractivity contribution is 1.20. The van der Waals surface area contributed by atoms with Gasteiger partial charge < -0.3 is 0 Å². The van der Waals surface area contributed by atoms with Crippen LogP contribution in [-0.4, -0.2) is 9.97 Å². The molecule has 0 fully saturated rings. The van der Waals surface area contributed by atoms with Crippen LogP contribution in [0, 0.1) is 55.4 Å². The molecule has 0 aliphatic rings. The lowest BCUT2D eigenvalue weighted by Crippen LogP contribution is -1.93. The Hall–Kier alpha value is -9.50. The molecule has 80 heavy (non-hydrogen) atoms. The molecule has 12 aromatic carbocycles. The highest BCUT2D eigenvalue weighted by atomic mass is 14.8. The topological polar surface area (TPSA) is 25.8 Å². The van der Waals surface area contributed by atoms with Gasteiger partial charge in [0.25, 0.3) is 0 Å². The Kier molecular flexibility index (Phi) is 15.3. The van der Waals surface area contributed by atoms with Crippen LogP contribution in [0.2, 0.25) is 0 Å². The van der Waals surface area contributed by atoms with Crippen LogP contribution in [0.1, 0.15) is 44.5 Å². The molecule has 0 saturated heterocycles. The Morgan fingerprint density at radius 3 is 0.762 bits per heavy atom. The molecule has 0 N–H and O–H groups in total. The molecule has 0 aliphatic carbocycles. The first-order valence-corrected chi connectivity index (χ1v) is 27.8. The maximum atomic E-state index is 4.32. The van der Waals surface area contributed by atoms with E-state index in [1.807, 2.05) is 50.5 Å². The van der Waals surface area contributed by atoms with Crippen molar-refractivity contribution in [1.29, 1.82) is 0 Å². The largest absolute Gasteiger partial charge is 0.254 e. The summed E-state index contributed by atoms with van der Waals surface area (Å²) in [6.07, 6.45) is 3.72. The number of hydrogen-bond donors (Lipinski definition) is 0. The molecule has 0 atom stereocenters. The summed E-state index contributed by atoms with van der Waals surface area (Å²) in [7, 11) is 0. The van der Waals surface area contributed by atoms with Gasteiger partial charge in [-0.05, 0) is 199 Å². The summed E-state index contributed by atoms with van der Waals surface area (Å²) in [4.78, 5) is 8.63. The van der Waals surface area contributed by atoms with E-state index in [0.29, 0.717) is 0 Å². The van der Waals surface area contributed by atoms with Crippen molar-refractivity contribution in [2.24, 2.45) is 0 Å². The van der Waals surface area contributed by atoms with Crippen molar-refractivity contribution in [3.8, 4) is 44.8 Å². The first-order chi connectivity index (χ1) is 39.0. The van der Waals surface area contributed by atoms with Gasteiger partial charge in [0.05, 0.1) is 11.4 Å². The smallest absolute Gasteiger partial charge is 0.0886 e. The number of aromatic nitrogens is 2. The molecule has 2 aromatic heterocycles. The van der Waals surface area contributed by atoms with Crippen LogP contribution in [0.4, 0.5) is 0 Å². The zero-order chi connectivity index (χ0) is 55.3. The lowest BCUT2D eigenvalue weighted by atomic mass is 9.83. The van der Waals surface area contributed by atoms with Crippen LogP contribution in [0.3, 0.4) is 0 Å². The minimum Gasteiger partial charge on any atom is -0.254 e. The van der Waals surface area contributed by atoms with Crippen LogP contribution in [0.25, 0.3) is 109 Å². The predicted octanol–water partition coefficient (Wildman–Crippen LogP) is 21.6. The third-order valence-electron chi connectivity index (χ3n) is 15.7. The van der Waals surface area contributed by atoms with Crippen LogP contribution in [-0.2, 0) is 0 Å². The fourth-order valence-electron chi connectivity index (χ4n) is 11.3. The Labute approximate surface area is 471 Å². The minimum atomic E-state index is 0.926. The zero-order valence-corrected chi connectivity index (χ0v) is 47.1. The maximum Gasteiger partial charge on any atom is 0.0886 e. The lowest BCUT2D eigenvalue weighted by Gasteiger charge is -2.20. The van der Waals surface area contributed by atoms with Gasteiger partial charge in [0.15, 0.2) is 0 Å². The quantitative estimate of drug-likeness (QED) is 0.164. The highest BCUT2D eigenvalue weighted by Crippen LogP contribution is 2.46. The van der Waals surface area contributed by atoms with Gasteiger partial charge >= 0.3 is 0 Å². The van der Waals surface area contributed by atoms with E-state index < -0.39 is 0 Å². The van der Waals surface area contributed by atoms with E-state index in [2.05, 4.69) is 270 Å². The summed E-state index contributed by atoms with van der Waals surface area (Å²) in [6.45, 7) is 17.1. The van der Waals surface area contributed by atoms with Crippen molar-refractivity contribution < 1.29 is 0 Å². The Morgan fingerprint density at radius 2 is 0.475 bits per heavy atom. The first-order valence-electron chi connectivity index (χ1n) is 27.8. The Morgan fingerprint density at radius 1 is 0.212 bits per heavy atom. The van der Waals surface area contributed by atoms with Crippen molar-refractivity contribution >= 4 is 64.6 Å². The molecule has 0 radical (unpaired) electrons. The number of aryl methyl sites for hydroxylation is 8. The second-order valence-electron chi connectivity index (χ2n) is 21.3. The molecule has 2 heteroatoms. The standard InChI is InChI=1S/C30H22.C22H18.C14H14.C12H12N2/c1-19-21-11-3-7-15-25(21)29(26-16-8-4-12-22(19)26)30-27-17-9-5-13-23(27)20(2)24-14-6-10-18-28(24)30;1-15-11-13-21(19-9-5-3-7-17(15)19)22-14-12-16(2)18-8-4-6-10-20(18)22;1-11-3-7-13(8-4-11)14-9-5-12(2)6-10-14;1-9-3-5-11(13-7-9)12-6-4-10(2)8-14-12/h3-18H,1-2H3;3-14H,1-2H3;3-10H,1-2H3;3-8H,1-2H3. The SMILES string of the molecule is Cc1c2ccccc2c(-c2c3ccccc3c(C)c3ccccc23)c2ccccc12.Cc1ccc(-c2ccc(C)c3ccccc23)c2ccccc12.Cc1ccc(-c2ccc(C)cc2)cc1.Cc1ccc(-c2ccc(C)cn2)nc1. The molecule has 388 valence electrons. The van der Waals surface area contributed by atoms with E-state index in [4.69, 9.17) is 0 Å². The summed E-state index contributed by atoms with van der Waals surface area (Å²) >= 11 is 0. The van der Waals surface area contributed by atoms with Crippen LogP contribution >= 0.6 is 0 Å². The molecular weight excluding hydrogens is 965 g/mol. The molecule has 14 aromatic rings. The van der Waals surface area contributed by atoms with Crippen LogP contribution < -0.4 is 0 Å². The van der Waals surface area contributed by atoms with Crippen molar-refractivity contribution in [2.45, 2.75) is 55.4 Å². The molecule has 0 saturated carbocycles. The summed E-state index contributed by atoms with van der Waals surface area (Å²) in [5.74, 6) is 0. The van der Waals surface area contributed by atoms with E-state index in [9.17, 15) is 0 Å². The second kappa shape index (κ2) is 23.2. The molecule has 0 bridgehead atoms. The van der Waals surface area contributed by atoms with Gasteiger partial charge in [0.2, 0.25) is 0 Å². The predicted molar refractivity (Wildman–Crippen MR) is 346 cm³/mol. The molecule has 0 amide bonds. The van der Waals surface area contributed by atoms with Crippen molar-refractivity contribution in [3.63, 3.8) is 0 Å². The highest BCUT2D eigenvalue weighted by Gasteiger charge is 2.19. The van der Waals surface area contributed by atoms with Crippen molar-refractivity contribution in [1.82, 2.24) is 9.97 Å². The van der Waals surface area contributed by atoms with E-state index >= 15 is 0 Å². The van der Waals surface area contributed by atoms with Crippen molar-refractivity contribution in [2.75, 3.05) is 0 Å². The van der Waals surface area contributed by atoms with Crippen LogP contribution in [0.5, 0.6) is 0 Å². The molecular formula is C78H66N2. The summed E-state index contributed by atoms with van der Waals surface area (Å²) in [6, 6.07) is 87.1. The summed E-state index contributed by atoms with van der Waals surface area (Å²) in [5, 5.41) is 16.0. The number of fused-ring (bicyclic) bond motifs is 6. The number of hydrogen-bond acceptors (Lipinski definition) is 2. The van der Waals surface area contributed by atoms with Gasteiger partial charge in [-0.3, -0.25) is 9.97 Å². The average Bonchev–Trinajstić information content (AvgIpc) is 3.31. The molecule has 0 aliphatic heterocycles. The second-order valence-corrected chi connectivity index (χ2v) is 21.3. The highest BCUT2D eigenvalue weighted by molar-refractivity contribution is 6.25. The zero-order valence-electron chi connectivity index (χ0n) is 47.1. The van der Waals surface area contributed by atoms with Gasteiger partial charge in [0, 0.05) is 12.4 Å². The fraction of sp³-hybridized carbons (Fsp3) is 0.103. The van der Waals surface area contributed by atoms with E-state index in [-0.39, 0.29) is 0 Å². The maximum absolute atomic E-state index is 4.32. The fourth-order valence-corrected chi connectivity index (χ4v) is 11.3. The van der Waals surface area contributed by atoms with Gasteiger partial charge in [0.1, 0.15) is 0 Å². The first kappa shape index (κ1) is 52.5. The average molecular weight is 1030 g/mol. The summed E-state index contributed by atoms with van der Waals surface area (Å²) in [5.41, 5.74) is 20.1. The van der Waals surface area contributed by atoms with Gasteiger partial charge in [-0.2, -0.15) is 0 Å². The normalized spacial score (nSPS) is 11.0. The number of benzene rings is 12. The Balaban J connectivity index is 0.000000119. The van der Waals surface area contributed by atoms with E-state index in [0.717, 1.165) is 11.4 Å². The van der Waals surface area contributed by atoms with Gasteiger partial charge in [-0.1, -0.05) is 242 Å². The van der Waals surface area contributed by atoms with Gasteiger partial charge in [-0.15, -0.1) is 0 Å². The number of rotatable bonds is 4. The number of nitrogens with zero attached hydrogens (tertiary/aromatic N) is 2. The Bertz CT molecular complexity index is 4020. The molecule has 2 heterocycles.